The molecule has 7 heteroatoms. The molecule has 0 fully saturated rings. The van der Waals surface area contributed by atoms with Crippen molar-refractivity contribution in [2.24, 2.45) is 0 Å². The molecule has 144 valence electrons. The maximum Gasteiger partial charge on any atom is 0.312 e. The van der Waals surface area contributed by atoms with Crippen molar-refractivity contribution in [3.8, 4) is 10.6 Å². The third-order valence-corrected chi connectivity index (χ3v) is 5.25. The lowest BCUT2D eigenvalue weighted by molar-refractivity contribution is -0.152. The number of para-hydroxylation sites is 1. The third kappa shape index (κ3) is 5.18. The summed E-state index contributed by atoms with van der Waals surface area (Å²) in [7, 11) is 0. The molecule has 28 heavy (non-hydrogen) atoms. The van der Waals surface area contributed by atoms with Gasteiger partial charge in [-0.05, 0) is 26.0 Å². The van der Waals surface area contributed by atoms with Gasteiger partial charge in [0.1, 0.15) is 5.01 Å². The summed E-state index contributed by atoms with van der Waals surface area (Å²) in [4.78, 5) is 28.9. The lowest BCUT2D eigenvalue weighted by Gasteiger charge is -2.13. The molecule has 1 aromatic heterocycles. The zero-order chi connectivity index (χ0) is 20.1. The second-order valence-electron chi connectivity index (χ2n) is 6.29. The molecule has 0 bridgehead atoms. The van der Waals surface area contributed by atoms with Crippen LogP contribution >= 0.6 is 22.9 Å². The van der Waals surface area contributed by atoms with E-state index in [9.17, 15) is 9.59 Å². The van der Waals surface area contributed by atoms with Crippen LogP contribution in [0.3, 0.4) is 0 Å². The van der Waals surface area contributed by atoms with Gasteiger partial charge >= 0.3 is 5.97 Å². The second kappa shape index (κ2) is 8.99. The zero-order valence-electron chi connectivity index (χ0n) is 15.4. The molecule has 1 atom stereocenters. The van der Waals surface area contributed by atoms with Gasteiger partial charge in [0, 0.05) is 10.9 Å². The summed E-state index contributed by atoms with van der Waals surface area (Å²) >= 11 is 7.48. The van der Waals surface area contributed by atoms with Gasteiger partial charge in [0.15, 0.2) is 6.10 Å². The van der Waals surface area contributed by atoms with E-state index >= 15 is 0 Å². The first-order chi connectivity index (χ1) is 13.4. The van der Waals surface area contributed by atoms with E-state index in [2.05, 4.69) is 10.3 Å². The molecule has 0 saturated heterocycles. The van der Waals surface area contributed by atoms with E-state index in [1.165, 1.54) is 23.8 Å². The van der Waals surface area contributed by atoms with Crippen LogP contribution < -0.4 is 5.32 Å². The number of amides is 1. The number of aromatic nitrogens is 1. The third-order valence-electron chi connectivity index (χ3n) is 3.98. The van der Waals surface area contributed by atoms with Gasteiger partial charge in [-0.1, -0.05) is 53.6 Å². The minimum Gasteiger partial charge on any atom is -0.452 e. The Morgan fingerprint density at radius 3 is 2.61 bits per heavy atom. The number of nitrogens with zero attached hydrogens (tertiary/aromatic N) is 1. The summed E-state index contributed by atoms with van der Waals surface area (Å²) in [6.07, 6.45) is -0.939. The number of esters is 1. The van der Waals surface area contributed by atoms with Crippen molar-refractivity contribution >= 4 is 40.5 Å². The largest absolute Gasteiger partial charge is 0.452 e. The molecule has 3 rings (SSSR count). The number of hydrogen-bond acceptors (Lipinski definition) is 5. The van der Waals surface area contributed by atoms with Crippen molar-refractivity contribution in [3.05, 3.63) is 70.2 Å². The Bertz CT molecular complexity index is 985. The Morgan fingerprint density at radius 2 is 1.89 bits per heavy atom. The fourth-order valence-electron chi connectivity index (χ4n) is 2.45. The van der Waals surface area contributed by atoms with Gasteiger partial charge in [-0.15, -0.1) is 11.3 Å². The number of rotatable bonds is 6. The van der Waals surface area contributed by atoms with E-state index in [-0.39, 0.29) is 6.42 Å². The first-order valence-electron chi connectivity index (χ1n) is 8.68. The quantitative estimate of drug-likeness (QED) is 0.583. The molecule has 0 aliphatic rings. The van der Waals surface area contributed by atoms with Crippen LogP contribution in [0.2, 0.25) is 5.02 Å². The SMILES string of the molecule is Cc1ccc(-c2nc(CC(=O)O[C@H](C)C(=O)Nc3ccccc3Cl)cs2)cc1. The monoisotopic (exact) mass is 414 g/mol. The zero-order valence-corrected chi connectivity index (χ0v) is 17.0. The van der Waals surface area contributed by atoms with E-state index < -0.39 is 18.0 Å². The van der Waals surface area contributed by atoms with Crippen LogP contribution in [-0.4, -0.2) is 23.0 Å². The molecule has 0 aliphatic carbocycles. The molecule has 1 heterocycles. The van der Waals surface area contributed by atoms with Crippen molar-refractivity contribution in [2.45, 2.75) is 26.4 Å². The van der Waals surface area contributed by atoms with E-state index in [1.807, 2.05) is 36.6 Å². The van der Waals surface area contributed by atoms with E-state index in [4.69, 9.17) is 16.3 Å². The van der Waals surface area contributed by atoms with Crippen molar-refractivity contribution in [3.63, 3.8) is 0 Å². The first kappa shape index (κ1) is 20.0. The van der Waals surface area contributed by atoms with Gasteiger partial charge in [-0.3, -0.25) is 9.59 Å². The minimum absolute atomic E-state index is 0.00603. The lowest BCUT2D eigenvalue weighted by Crippen LogP contribution is -2.30. The van der Waals surface area contributed by atoms with Gasteiger partial charge in [0.2, 0.25) is 0 Å². The molecule has 0 radical (unpaired) electrons. The summed E-state index contributed by atoms with van der Waals surface area (Å²) in [6, 6.07) is 14.9. The molecule has 0 unspecified atom stereocenters. The van der Waals surface area contributed by atoms with Crippen LogP contribution in [0.4, 0.5) is 5.69 Å². The van der Waals surface area contributed by atoms with Crippen LogP contribution in [0, 0.1) is 6.92 Å². The molecule has 1 amide bonds. The molecule has 5 nitrogen and oxygen atoms in total. The number of halogens is 1. The first-order valence-corrected chi connectivity index (χ1v) is 9.94. The van der Waals surface area contributed by atoms with Crippen molar-refractivity contribution in [1.82, 2.24) is 4.98 Å². The lowest BCUT2D eigenvalue weighted by atomic mass is 10.2. The molecule has 0 spiro atoms. The summed E-state index contributed by atoms with van der Waals surface area (Å²) in [5, 5.41) is 5.73. The Labute approximate surface area is 172 Å². The number of aryl methyl sites for hydroxylation is 1. The van der Waals surface area contributed by atoms with Crippen molar-refractivity contribution < 1.29 is 14.3 Å². The van der Waals surface area contributed by atoms with Crippen LogP contribution in [0.5, 0.6) is 0 Å². The standard InChI is InChI=1S/C21H19ClN2O3S/c1-13-7-9-15(10-8-13)21-23-16(12-28-21)11-19(25)27-14(2)20(26)24-18-6-4-3-5-17(18)22/h3-10,12,14H,11H2,1-2H3,(H,24,26)/t14-/m1/s1. The normalized spacial score (nSPS) is 11.7. The maximum absolute atomic E-state index is 12.2. The average Bonchev–Trinajstić information content (AvgIpc) is 3.12. The summed E-state index contributed by atoms with van der Waals surface area (Å²) < 4.78 is 5.23. The van der Waals surface area contributed by atoms with Crippen LogP contribution in [0.15, 0.2) is 53.9 Å². The highest BCUT2D eigenvalue weighted by atomic mass is 35.5. The number of ether oxygens (including phenoxy) is 1. The number of nitrogens with one attached hydrogen (secondary N) is 1. The number of anilines is 1. The van der Waals surface area contributed by atoms with Crippen molar-refractivity contribution in [1.29, 1.82) is 0 Å². The molecule has 3 aromatic rings. The fraction of sp³-hybridized carbons (Fsp3) is 0.190. The topological polar surface area (TPSA) is 68.3 Å². The molecule has 0 saturated carbocycles. The molecular formula is C21H19ClN2O3S. The highest BCUT2D eigenvalue weighted by molar-refractivity contribution is 7.13. The number of hydrogen-bond donors (Lipinski definition) is 1. The Morgan fingerprint density at radius 1 is 1.18 bits per heavy atom. The highest BCUT2D eigenvalue weighted by Gasteiger charge is 2.19. The second-order valence-corrected chi connectivity index (χ2v) is 7.55. The van der Waals surface area contributed by atoms with Crippen molar-refractivity contribution in [2.75, 3.05) is 5.32 Å². The van der Waals surface area contributed by atoms with Crippen LogP contribution in [-0.2, 0) is 20.7 Å². The summed E-state index contributed by atoms with van der Waals surface area (Å²) in [6.45, 7) is 3.54. The summed E-state index contributed by atoms with van der Waals surface area (Å²) in [5.74, 6) is -0.956. The van der Waals surface area contributed by atoms with Gasteiger partial charge < -0.3 is 10.1 Å². The number of benzene rings is 2. The van der Waals surface area contributed by atoms with Gasteiger partial charge in [-0.25, -0.2) is 4.98 Å². The number of carbonyl (C=O) groups is 2. The number of thiazole rings is 1. The maximum atomic E-state index is 12.2. The number of carbonyl (C=O) groups excluding carboxylic acids is 2. The Balaban J connectivity index is 1.56. The minimum atomic E-state index is -0.945. The average molecular weight is 415 g/mol. The highest BCUT2D eigenvalue weighted by Crippen LogP contribution is 2.24. The fourth-order valence-corrected chi connectivity index (χ4v) is 3.46. The van der Waals surface area contributed by atoms with Crippen LogP contribution in [0.25, 0.3) is 10.6 Å². The van der Waals surface area contributed by atoms with Gasteiger partial charge in [-0.2, -0.15) is 0 Å². The smallest absolute Gasteiger partial charge is 0.312 e. The van der Waals surface area contributed by atoms with Gasteiger partial charge in [0.25, 0.3) is 5.91 Å². The van der Waals surface area contributed by atoms with E-state index in [0.717, 1.165) is 10.6 Å². The molecule has 1 N–H and O–H groups in total. The predicted octanol–water partition coefficient (Wildman–Crippen LogP) is 4.88. The predicted molar refractivity (Wildman–Crippen MR) is 112 cm³/mol. The Kier molecular flexibility index (Phi) is 6.44. The summed E-state index contributed by atoms with van der Waals surface area (Å²) in [5.41, 5.74) is 3.26. The van der Waals surface area contributed by atoms with E-state index in [0.29, 0.717) is 16.4 Å². The molecular weight excluding hydrogens is 396 g/mol. The van der Waals surface area contributed by atoms with E-state index in [1.54, 1.807) is 24.3 Å². The molecule has 2 aromatic carbocycles. The molecule has 0 aliphatic heterocycles. The van der Waals surface area contributed by atoms with Gasteiger partial charge in [0.05, 0.1) is 22.8 Å². The Hall–Kier alpha value is -2.70. The van der Waals surface area contributed by atoms with Crippen LogP contribution in [0.1, 0.15) is 18.2 Å².